The maximum atomic E-state index is 5.03. The Labute approximate surface area is 86.7 Å². The van der Waals surface area contributed by atoms with E-state index in [1.54, 1.807) is 12.5 Å². The fourth-order valence-electron chi connectivity index (χ4n) is 1.70. The van der Waals surface area contributed by atoms with Crippen molar-refractivity contribution in [2.24, 2.45) is 5.41 Å². The maximum Gasteiger partial charge on any atom is 0.0947 e. The third kappa shape index (κ3) is 3.18. The molecule has 0 fully saturated rings. The van der Waals surface area contributed by atoms with E-state index in [0.29, 0.717) is 11.5 Å². The summed E-state index contributed by atoms with van der Waals surface area (Å²) in [5.41, 5.74) is 1.53. The molecule has 1 unspecified atom stereocenters. The van der Waals surface area contributed by atoms with Crippen LogP contribution in [0.25, 0.3) is 0 Å². The van der Waals surface area contributed by atoms with Gasteiger partial charge in [-0.25, -0.2) is 0 Å². The molecule has 0 amide bonds. The van der Waals surface area contributed by atoms with Crippen molar-refractivity contribution >= 4 is 0 Å². The Morgan fingerprint density at radius 2 is 2.14 bits per heavy atom. The van der Waals surface area contributed by atoms with Crippen molar-refractivity contribution in [3.8, 4) is 0 Å². The highest BCUT2D eigenvalue weighted by Gasteiger charge is 2.21. The highest BCUT2D eigenvalue weighted by Crippen LogP contribution is 2.21. The van der Waals surface area contributed by atoms with Crippen molar-refractivity contribution in [2.75, 3.05) is 0 Å². The summed E-state index contributed by atoms with van der Waals surface area (Å²) in [6.45, 7) is 9.92. The van der Waals surface area contributed by atoms with Gasteiger partial charge in [0.05, 0.1) is 12.5 Å². The van der Waals surface area contributed by atoms with Crippen LogP contribution in [0.15, 0.2) is 23.0 Å². The average Bonchev–Trinajstić information content (AvgIpc) is 2.55. The normalized spacial score (nSPS) is 14.3. The molecule has 1 N–H and O–H groups in total. The summed E-state index contributed by atoms with van der Waals surface area (Å²) in [5.74, 6) is 0. The second-order valence-electron chi connectivity index (χ2n) is 4.84. The van der Waals surface area contributed by atoms with Gasteiger partial charge in [0.15, 0.2) is 0 Å². The van der Waals surface area contributed by atoms with E-state index in [1.807, 2.05) is 6.07 Å². The molecule has 0 aliphatic rings. The average molecular weight is 195 g/mol. The van der Waals surface area contributed by atoms with Crippen LogP contribution in [0.3, 0.4) is 0 Å². The van der Waals surface area contributed by atoms with Gasteiger partial charge >= 0.3 is 0 Å². The first-order valence-corrected chi connectivity index (χ1v) is 5.28. The van der Waals surface area contributed by atoms with Gasteiger partial charge < -0.3 is 9.73 Å². The largest absolute Gasteiger partial charge is 0.472 e. The summed E-state index contributed by atoms with van der Waals surface area (Å²) >= 11 is 0. The molecule has 1 heterocycles. The third-order valence-electron chi connectivity index (χ3n) is 2.59. The molecule has 0 aromatic carbocycles. The Hall–Kier alpha value is -0.760. The van der Waals surface area contributed by atoms with Crippen molar-refractivity contribution in [1.29, 1.82) is 0 Å². The zero-order valence-corrected chi connectivity index (χ0v) is 9.63. The molecule has 0 aliphatic carbocycles. The molecule has 0 spiro atoms. The zero-order chi connectivity index (χ0) is 10.6. The molecular formula is C12H21NO. The van der Waals surface area contributed by atoms with E-state index < -0.39 is 0 Å². The van der Waals surface area contributed by atoms with E-state index in [2.05, 4.69) is 33.0 Å². The minimum Gasteiger partial charge on any atom is -0.472 e. The lowest BCUT2D eigenvalue weighted by Crippen LogP contribution is -2.39. The summed E-state index contributed by atoms with van der Waals surface area (Å²) in [5, 5.41) is 3.55. The van der Waals surface area contributed by atoms with Crippen LogP contribution < -0.4 is 5.32 Å². The van der Waals surface area contributed by atoms with Crippen LogP contribution >= 0.6 is 0 Å². The monoisotopic (exact) mass is 195 g/mol. The number of furan rings is 1. The molecule has 2 heteroatoms. The van der Waals surface area contributed by atoms with Gasteiger partial charge in [0, 0.05) is 18.2 Å². The Morgan fingerprint density at radius 1 is 1.43 bits per heavy atom. The van der Waals surface area contributed by atoms with Crippen molar-refractivity contribution in [3.63, 3.8) is 0 Å². The molecule has 2 nitrogen and oxygen atoms in total. The second kappa shape index (κ2) is 4.65. The number of hydrogen-bond donors (Lipinski definition) is 1. The number of rotatable bonds is 4. The first kappa shape index (κ1) is 11.3. The van der Waals surface area contributed by atoms with Crippen LogP contribution in [0, 0.1) is 5.41 Å². The quantitative estimate of drug-likeness (QED) is 0.798. The van der Waals surface area contributed by atoms with Gasteiger partial charge in [-0.1, -0.05) is 27.7 Å². The molecule has 0 saturated carbocycles. The smallest absolute Gasteiger partial charge is 0.0947 e. The molecular weight excluding hydrogens is 174 g/mol. The summed E-state index contributed by atoms with van der Waals surface area (Å²) < 4.78 is 5.03. The third-order valence-corrected chi connectivity index (χ3v) is 2.59. The number of nitrogens with one attached hydrogen (secondary N) is 1. The van der Waals surface area contributed by atoms with Gasteiger partial charge in [-0.05, 0) is 17.9 Å². The van der Waals surface area contributed by atoms with Crippen LogP contribution in [0.4, 0.5) is 0 Å². The predicted octanol–water partition coefficient (Wildman–Crippen LogP) is 3.19. The summed E-state index contributed by atoms with van der Waals surface area (Å²) in [7, 11) is 0. The molecule has 1 aromatic rings. The van der Waals surface area contributed by atoms with Gasteiger partial charge in [-0.15, -0.1) is 0 Å². The molecule has 0 bridgehead atoms. The molecule has 14 heavy (non-hydrogen) atoms. The van der Waals surface area contributed by atoms with Crippen LogP contribution in [0.1, 0.15) is 39.7 Å². The lowest BCUT2D eigenvalue weighted by Gasteiger charge is -2.30. The maximum absolute atomic E-state index is 5.03. The zero-order valence-electron chi connectivity index (χ0n) is 9.63. The highest BCUT2D eigenvalue weighted by atomic mass is 16.3. The van der Waals surface area contributed by atoms with Crippen LogP contribution in [0.2, 0.25) is 0 Å². The standard InChI is InChI=1S/C12H21NO/c1-5-11(12(2,3)4)13-8-10-6-7-14-9-10/h6-7,9,11,13H,5,8H2,1-4H3. The molecule has 1 rings (SSSR count). The number of hydrogen-bond acceptors (Lipinski definition) is 2. The van der Waals surface area contributed by atoms with E-state index in [9.17, 15) is 0 Å². The van der Waals surface area contributed by atoms with Gasteiger partial charge in [0.25, 0.3) is 0 Å². The van der Waals surface area contributed by atoms with E-state index >= 15 is 0 Å². The summed E-state index contributed by atoms with van der Waals surface area (Å²) in [6.07, 6.45) is 4.67. The molecule has 0 saturated heterocycles. The van der Waals surface area contributed by atoms with Gasteiger partial charge in [0.1, 0.15) is 0 Å². The molecule has 80 valence electrons. The lowest BCUT2D eigenvalue weighted by molar-refractivity contribution is 0.259. The molecule has 1 aromatic heterocycles. The predicted molar refractivity (Wildman–Crippen MR) is 59.1 cm³/mol. The van der Waals surface area contributed by atoms with Crippen LogP contribution in [-0.2, 0) is 6.54 Å². The molecule has 0 radical (unpaired) electrons. The Bertz CT molecular complexity index is 246. The summed E-state index contributed by atoms with van der Waals surface area (Å²) in [4.78, 5) is 0. The van der Waals surface area contributed by atoms with E-state index in [4.69, 9.17) is 4.42 Å². The first-order valence-electron chi connectivity index (χ1n) is 5.28. The van der Waals surface area contributed by atoms with E-state index in [0.717, 1.165) is 13.0 Å². The van der Waals surface area contributed by atoms with Gasteiger partial charge in [-0.2, -0.15) is 0 Å². The van der Waals surface area contributed by atoms with Crippen molar-refractivity contribution in [1.82, 2.24) is 5.32 Å². The molecule has 1 atom stereocenters. The van der Waals surface area contributed by atoms with Gasteiger partial charge in [0.2, 0.25) is 0 Å². The fourth-order valence-corrected chi connectivity index (χ4v) is 1.70. The SMILES string of the molecule is CCC(NCc1ccoc1)C(C)(C)C. The first-order chi connectivity index (χ1) is 6.54. The second-order valence-corrected chi connectivity index (χ2v) is 4.84. The van der Waals surface area contributed by atoms with Crippen LogP contribution in [0.5, 0.6) is 0 Å². The topological polar surface area (TPSA) is 25.2 Å². The molecule has 0 aliphatic heterocycles. The lowest BCUT2D eigenvalue weighted by atomic mass is 9.85. The Morgan fingerprint density at radius 3 is 2.57 bits per heavy atom. The van der Waals surface area contributed by atoms with E-state index in [1.165, 1.54) is 5.56 Å². The Balaban J connectivity index is 2.43. The fraction of sp³-hybridized carbons (Fsp3) is 0.667. The van der Waals surface area contributed by atoms with Gasteiger partial charge in [-0.3, -0.25) is 0 Å². The van der Waals surface area contributed by atoms with Crippen LogP contribution in [-0.4, -0.2) is 6.04 Å². The van der Waals surface area contributed by atoms with Crippen molar-refractivity contribution < 1.29 is 4.42 Å². The highest BCUT2D eigenvalue weighted by molar-refractivity contribution is 5.05. The summed E-state index contributed by atoms with van der Waals surface area (Å²) in [6, 6.07) is 2.56. The van der Waals surface area contributed by atoms with Crippen molar-refractivity contribution in [3.05, 3.63) is 24.2 Å². The minimum atomic E-state index is 0.318. The van der Waals surface area contributed by atoms with E-state index in [-0.39, 0.29) is 0 Å². The Kier molecular flexibility index (Phi) is 3.76. The minimum absolute atomic E-state index is 0.318. The van der Waals surface area contributed by atoms with Crippen molar-refractivity contribution in [2.45, 2.75) is 46.7 Å².